The molecule has 0 bridgehead atoms. The van der Waals surface area contributed by atoms with Crippen LogP contribution in [0.5, 0.6) is 0 Å². The van der Waals surface area contributed by atoms with Gasteiger partial charge >= 0.3 is 0 Å². The Kier molecular flexibility index (Phi) is 6.84. The Morgan fingerprint density at radius 3 is 2.38 bits per heavy atom. The van der Waals surface area contributed by atoms with Crippen LogP contribution in [0.15, 0.2) is 44.3 Å². The molecule has 1 aromatic carbocycles. The van der Waals surface area contributed by atoms with Crippen molar-refractivity contribution in [2.24, 2.45) is 15.5 Å². The molecule has 0 aliphatic rings. The Balaban J connectivity index is 2.25. The van der Waals surface area contributed by atoms with Crippen molar-refractivity contribution in [3.05, 3.63) is 47.1 Å². The van der Waals surface area contributed by atoms with Gasteiger partial charge in [-0.25, -0.2) is 0 Å². The van der Waals surface area contributed by atoms with Crippen LogP contribution in [0.1, 0.15) is 36.7 Å². The fourth-order valence-electron chi connectivity index (χ4n) is 2.03. The Hall–Kier alpha value is -3.23. The van der Waals surface area contributed by atoms with Gasteiger partial charge in [-0.2, -0.15) is 4.98 Å². The number of aromatic nitrogens is 2. The van der Waals surface area contributed by atoms with Crippen LogP contribution >= 0.6 is 0 Å². The summed E-state index contributed by atoms with van der Waals surface area (Å²) in [5.41, 5.74) is 3.24. The highest BCUT2D eigenvalue weighted by atomic mass is 16.6. The van der Waals surface area contributed by atoms with Crippen molar-refractivity contribution in [1.82, 2.24) is 10.1 Å². The lowest BCUT2D eigenvalue weighted by Crippen LogP contribution is -2.10. The van der Waals surface area contributed by atoms with Crippen LogP contribution in [0.4, 0.5) is 0 Å². The molecule has 1 heterocycles. The van der Waals surface area contributed by atoms with E-state index in [0.29, 0.717) is 23.0 Å². The summed E-state index contributed by atoms with van der Waals surface area (Å²) in [5, 5.41) is 15.7. The van der Waals surface area contributed by atoms with Crippen molar-refractivity contribution >= 4 is 17.1 Å². The average Bonchev–Trinajstić information content (AvgIpc) is 3.06. The second-order valence-electron chi connectivity index (χ2n) is 5.24. The molecule has 0 saturated carbocycles. The van der Waals surface area contributed by atoms with Gasteiger partial charge in [0.2, 0.25) is 0 Å². The molecule has 2 rings (SSSR count). The summed E-state index contributed by atoms with van der Waals surface area (Å²) in [7, 11) is 2.93. The fourth-order valence-corrected chi connectivity index (χ4v) is 2.03. The lowest BCUT2D eigenvalue weighted by molar-refractivity contribution is 0.130. The van der Waals surface area contributed by atoms with Crippen LogP contribution in [0.2, 0.25) is 0 Å². The highest BCUT2D eigenvalue weighted by Gasteiger charge is 2.18. The predicted octanol–water partition coefficient (Wildman–Crippen LogP) is 2.69. The van der Waals surface area contributed by atoms with Crippen molar-refractivity contribution in [3.8, 4) is 0 Å². The first-order chi connectivity index (χ1) is 12.6. The van der Waals surface area contributed by atoms with Crippen LogP contribution in [0.25, 0.3) is 0 Å². The van der Waals surface area contributed by atoms with E-state index in [2.05, 4.69) is 25.6 Å². The van der Waals surface area contributed by atoms with Crippen LogP contribution in [0, 0.1) is 6.92 Å². The van der Waals surface area contributed by atoms with Gasteiger partial charge in [0.05, 0.1) is 0 Å². The molecule has 0 amide bonds. The van der Waals surface area contributed by atoms with E-state index in [1.165, 1.54) is 14.2 Å². The molecule has 0 atom stereocenters. The first-order valence-corrected chi connectivity index (χ1v) is 7.81. The average molecular weight is 359 g/mol. The minimum atomic E-state index is 0.212. The summed E-state index contributed by atoms with van der Waals surface area (Å²) < 4.78 is 5.22. The Morgan fingerprint density at radius 2 is 1.73 bits per heavy atom. The van der Waals surface area contributed by atoms with Crippen molar-refractivity contribution in [2.45, 2.75) is 27.4 Å². The minimum absolute atomic E-state index is 0.212. The molecule has 0 N–H and O–H groups in total. The van der Waals surface area contributed by atoms with E-state index in [9.17, 15) is 0 Å². The lowest BCUT2D eigenvalue weighted by atomic mass is 10.0. The second kappa shape index (κ2) is 9.30. The van der Waals surface area contributed by atoms with Gasteiger partial charge < -0.3 is 19.0 Å². The Labute approximate surface area is 151 Å². The zero-order valence-electron chi connectivity index (χ0n) is 15.4. The van der Waals surface area contributed by atoms with E-state index < -0.39 is 0 Å². The molecule has 0 radical (unpaired) electrons. The highest BCUT2D eigenvalue weighted by molar-refractivity contribution is 6.40. The normalized spacial score (nSPS) is 12.9. The summed E-state index contributed by atoms with van der Waals surface area (Å²) in [4.78, 5) is 19.3. The topological polar surface area (TPSA) is 104 Å². The maximum Gasteiger partial charge on any atom is 0.280 e. The number of rotatable bonds is 8. The summed E-state index contributed by atoms with van der Waals surface area (Å²) in [6.07, 6.45) is 0. The second-order valence-corrected chi connectivity index (χ2v) is 5.24. The molecule has 0 aliphatic carbocycles. The van der Waals surface area contributed by atoms with Crippen LogP contribution in [0.3, 0.4) is 0 Å². The first-order valence-electron chi connectivity index (χ1n) is 7.81. The summed E-state index contributed by atoms with van der Waals surface area (Å²) in [6.45, 7) is 5.50. The molecule has 9 nitrogen and oxygen atoms in total. The van der Waals surface area contributed by atoms with Crippen molar-refractivity contribution in [1.29, 1.82) is 0 Å². The van der Waals surface area contributed by atoms with E-state index in [-0.39, 0.29) is 12.5 Å². The zero-order valence-corrected chi connectivity index (χ0v) is 15.4. The van der Waals surface area contributed by atoms with E-state index in [1.807, 2.05) is 24.3 Å². The minimum Gasteiger partial charge on any atom is -0.399 e. The molecular formula is C17H21N5O4. The highest BCUT2D eigenvalue weighted by Crippen LogP contribution is 2.16. The molecule has 9 heteroatoms. The molecule has 1 aromatic heterocycles. The van der Waals surface area contributed by atoms with Crippen molar-refractivity contribution in [3.63, 3.8) is 0 Å². The maximum absolute atomic E-state index is 5.45. The zero-order chi connectivity index (χ0) is 18.9. The molecule has 2 aromatic rings. The summed E-state index contributed by atoms with van der Waals surface area (Å²) in [6, 6.07) is 7.52. The number of benzene rings is 1. The first kappa shape index (κ1) is 19.1. The molecule has 0 unspecified atom stereocenters. The maximum atomic E-state index is 5.45. The molecule has 0 saturated heterocycles. The predicted molar refractivity (Wildman–Crippen MR) is 96.1 cm³/mol. The smallest absolute Gasteiger partial charge is 0.280 e. The third kappa shape index (κ3) is 4.88. The number of aryl methyl sites for hydroxylation is 1. The van der Waals surface area contributed by atoms with Crippen LogP contribution in [-0.2, 0) is 21.1 Å². The van der Waals surface area contributed by atoms with Gasteiger partial charge in [-0.3, -0.25) is 0 Å². The SMILES string of the molecule is CO/N=C(C)\C(C)=N/OCc1ccccc1/C(=N/OC)c1nc(C)no1. The molecule has 26 heavy (non-hydrogen) atoms. The van der Waals surface area contributed by atoms with E-state index >= 15 is 0 Å². The van der Waals surface area contributed by atoms with Gasteiger partial charge in [0.1, 0.15) is 32.2 Å². The molecular weight excluding hydrogens is 338 g/mol. The van der Waals surface area contributed by atoms with Crippen LogP contribution in [-0.4, -0.2) is 41.5 Å². The number of hydrogen-bond donors (Lipinski definition) is 0. The van der Waals surface area contributed by atoms with Gasteiger partial charge in [0, 0.05) is 11.1 Å². The molecule has 0 spiro atoms. The summed E-state index contributed by atoms with van der Waals surface area (Å²) in [5.74, 6) is 0.769. The molecule has 0 fully saturated rings. The summed E-state index contributed by atoms with van der Waals surface area (Å²) >= 11 is 0. The van der Waals surface area contributed by atoms with Gasteiger partial charge in [0.25, 0.3) is 5.89 Å². The Bertz CT molecular complexity index is 826. The van der Waals surface area contributed by atoms with E-state index in [4.69, 9.17) is 19.0 Å². The quantitative estimate of drug-likeness (QED) is 0.530. The standard InChI is InChI=1S/C17H21N5O4/c1-11(19-23-4)12(2)20-25-10-14-8-6-7-9-15(14)16(22-24-5)17-18-13(3)21-26-17/h6-9H,10H2,1-5H3/b19-11-,20-12-,22-16-. The molecule has 138 valence electrons. The van der Waals surface area contributed by atoms with Gasteiger partial charge in [-0.15, -0.1) is 0 Å². The third-order valence-corrected chi connectivity index (χ3v) is 3.36. The largest absolute Gasteiger partial charge is 0.399 e. The third-order valence-electron chi connectivity index (χ3n) is 3.36. The van der Waals surface area contributed by atoms with E-state index in [0.717, 1.165) is 11.1 Å². The molecule has 0 aliphatic heterocycles. The van der Waals surface area contributed by atoms with Gasteiger partial charge in [-0.05, 0) is 20.8 Å². The van der Waals surface area contributed by atoms with Gasteiger partial charge in [0.15, 0.2) is 11.5 Å². The van der Waals surface area contributed by atoms with E-state index in [1.54, 1.807) is 20.8 Å². The van der Waals surface area contributed by atoms with Crippen molar-refractivity contribution in [2.75, 3.05) is 14.2 Å². The van der Waals surface area contributed by atoms with Gasteiger partial charge in [-0.1, -0.05) is 44.9 Å². The monoisotopic (exact) mass is 359 g/mol. The van der Waals surface area contributed by atoms with Crippen LogP contribution < -0.4 is 0 Å². The number of nitrogens with zero attached hydrogens (tertiary/aromatic N) is 5. The number of hydrogen-bond acceptors (Lipinski definition) is 9. The number of oxime groups is 3. The lowest BCUT2D eigenvalue weighted by Gasteiger charge is -2.08. The fraction of sp³-hybridized carbons (Fsp3) is 0.353. The Morgan fingerprint density at radius 1 is 1.04 bits per heavy atom. The van der Waals surface area contributed by atoms with Crippen molar-refractivity contribution < 1.29 is 19.0 Å².